The fraction of sp³-hybridized carbons (Fsp3) is 0.235. The summed E-state index contributed by atoms with van der Waals surface area (Å²) in [5.41, 5.74) is 12.1. The van der Waals surface area contributed by atoms with Crippen LogP contribution in [0.5, 0.6) is 0 Å². The Morgan fingerprint density at radius 3 is 2.90 bits per heavy atom. The Morgan fingerprint density at radius 1 is 1.05 bits per heavy atom. The molecule has 0 aliphatic heterocycles. The Kier molecular flexibility index (Phi) is 2.52. The molecule has 0 bridgehead atoms. The van der Waals surface area contributed by atoms with E-state index in [2.05, 4.69) is 23.3 Å². The molecule has 1 aliphatic carbocycles. The molecule has 0 radical (unpaired) electrons. The van der Waals surface area contributed by atoms with Crippen LogP contribution in [-0.4, -0.2) is 9.78 Å². The minimum absolute atomic E-state index is 0.785. The molecule has 3 heteroatoms. The molecule has 20 heavy (non-hydrogen) atoms. The Hall–Kier alpha value is -2.29. The summed E-state index contributed by atoms with van der Waals surface area (Å²) in [5.74, 6) is 0. The summed E-state index contributed by atoms with van der Waals surface area (Å²) in [4.78, 5) is 0. The van der Waals surface area contributed by atoms with Crippen LogP contribution in [0.1, 0.15) is 23.1 Å². The fourth-order valence-corrected chi connectivity index (χ4v) is 3.11. The summed E-state index contributed by atoms with van der Waals surface area (Å²) >= 11 is 0. The first kappa shape index (κ1) is 11.5. The largest absolute Gasteiger partial charge is 0.399 e. The summed E-state index contributed by atoms with van der Waals surface area (Å²) in [5, 5.41) is 5.63. The number of aryl methyl sites for hydroxylation is 2. The van der Waals surface area contributed by atoms with Gasteiger partial charge in [0.15, 0.2) is 0 Å². The highest BCUT2D eigenvalue weighted by molar-refractivity contribution is 5.81. The topological polar surface area (TPSA) is 43.8 Å². The van der Waals surface area contributed by atoms with E-state index in [0.717, 1.165) is 23.1 Å². The molecular formula is C17H17N3. The van der Waals surface area contributed by atoms with E-state index in [1.54, 1.807) is 0 Å². The van der Waals surface area contributed by atoms with Crippen LogP contribution in [0.2, 0.25) is 0 Å². The standard InChI is InChI=1S/C17H17N3/c18-16-7-6-15-10-19-20(17(15)9-16)11-12-4-5-13-2-1-3-14(13)8-12/h4-10H,1-3,11,18H2. The van der Waals surface area contributed by atoms with E-state index in [1.165, 1.54) is 36.0 Å². The molecule has 3 nitrogen and oxygen atoms in total. The molecule has 0 amide bonds. The molecule has 4 rings (SSSR count). The summed E-state index contributed by atoms with van der Waals surface area (Å²) < 4.78 is 2.03. The van der Waals surface area contributed by atoms with Crippen molar-refractivity contribution in [2.75, 3.05) is 5.73 Å². The summed E-state index contributed by atoms with van der Waals surface area (Å²) in [7, 11) is 0. The van der Waals surface area contributed by atoms with Crippen LogP contribution in [-0.2, 0) is 19.4 Å². The van der Waals surface area contributed by atoms with Crippen LogP contribution < -0.4 is 5.73 Å². The van der Waals surface area contributed by atoms with Gasteiger partial charge in [0.05, 0.1) is 18.3 Å². The number of anilines is 1. The molecule has 1 aliphatic rings. The first-order chi connectivity index (χ1) is 9.79. The normalized spacial score (nSPS) is 13.8. The van der Waals surface area contributed by atoms with Gasteiger partial charge in [-0.2, -0.15) is 5.10 Å². The predicted octanol–water partition coefficient (Wildman–Crippen LogP) is 3.16. The molecule has 0 atom stereocenters. The van der Waals surface area contributed by atoms with Crippen LogP contribution in [0.3, 0.4) is 0 Å². The number of nitrogen functional groups attached to an aromatic ring is 1. The van der Waals surface area contributed by atoms with Crippen molar-refractivity contribution in [3.8, 4) is 0 Å². The van der Waals surface area contributed by atoms with Gasteiger partial charge in [-0.1, -0.05) is 18.2 Å². The smallest absolute Gasteiger partial charge is 0.0706 e. The van der Waals surface area contributed by atoms with Gasteiger partial charge in [-0.05, 0) is 54.2 Å². The van der Waals surface area contributed by atoms with E-state index in [9.17, 15) is 0 Å². The van der Waals surface area contributed by atoms with Crippen LogP contribution in [0, 0.1) is 0 Å². The molecule has 0 spiro atoms. The maximum Gasteiger partial charge on any atom is 0.0706 e. The second kappa shape index (κ2) is 4.37. The number of hydrogen-bond donors (Lipinski definition) is 1. The first-order valence-corrected chi connectivity index (χ1v) is 7.11. The van der Waals surface area contributed by atoms with Gasteiger partial charge in [0.1, 0.15) is 0 Å². The number of nitrogens with zero attached hydrogens (tertiary/aromatic N) is 2. The number of hydrogen-bond acceptors (Lipinski definition) is 2. The highest BCUT2D eigenvalue weighted by Crippen LogP contribution is 2.24. The van der Waals surface area contributed by atoms with Crippen molar-refractivity contribution in [1.82, 2.24) is 9.78 Å². The van der Waals surface area contributed by atoms with Crippen molar-refractivity contribution in [2.24, 2.45) is 0 Å². The molecule has 2 aromatic carbocycles. The molecule has 1 aromatic heterocycles. The minimum Gasteiger partial charge on any atom is -0.399 e. The number of fused-ring (bicyclic) bond motifs is 2. The van der Waals surface area contributed by atoms with Crippen molar-refractivity contribution in [2.45, 2.75) is 25.8 Å². The summed E-state index contributed by atoms with van der Waals surface area (Å²) in [6.45, 7) is 0.806. The van der Waals surface area contributed by atoms with Crippen molar-refractivity contribution >= 4 is 16.6 Å². The Morgan fingerprint density at radius 2 is 1.95 bits per heavy atom. The van der Waals surface area contributed by atoms with Gasteiger partial charge in [-0.3, -0.25) is 4.68 Å². The molecule has 0 saturated carbocycles. The lowest BCUT2D eigenvalue weighted by molar-refractivity contribution is 0.711. The van der Waals surface area contributed by atoms with E-state index >= 15 is 0 Å². The van der Waals surface area contributed by atoms with Crippen LogP contribution in [0.25, 0.3) is 10.9 Å². The molecule has 1 heterocycles. The van der Waals surface area contributed by atoms with Gasteiger partial charge in [0.2, 0.25) is 0 Å². The second-order valence-corrected chi connectivity index (χ2v) is 5.58. The molecule has 0 saturated heterocycles. The third-order valence-corrected chi connectivity index (χ3v) is 4.16. The van der Waals surface area contributed by atoms with Crippen molar-refractivity contribution < 1.29 is 0 Å². The van der Waals surface area contributed by atoms with Gasteiger partial charge in [0.25, 0.3) is 0 Å². The van der Waals surface area contributed by atoms with Crippen LogP contribution >= 0.6 is 0 Å². The van der Waals surface area contributed by atoms with Crippen molar-refractivity contribution in [3.05, 3.63) is 59.3 Å². The monoisotopic (exact) mass is 263 g/mol. The lowest BCUT2D eigenvalue weighted by Crippen LogP contribution is -2.02. The third-order valence-electron chi connectivity index (χ3n) is 4.16. The van der Waals surface area contributed by atoms with Gasteiger partial charge >= 0.3 is 0 Å². The number of benzene rings is 2. The predicted molar refractivity (Wildman–Crippen MR) is 81.7 cm³/mol. The first-order valence-electron chi connectivity index (χ1n) is 7.11. The molecule has 3 aromatic rings. The Balaban J connectivity index is 1.72. The molecular weight excluding hydrogens is 246 g/mol. The maximum atomic E-state index is 5.88. The number of rotatable bonds is 2. The molecule has 0 unspecified atom stereocenters. The SMILES string of the molecule is Nc1ccc2cnn(Cc3ccc4c(c3)CCC4)c2c1. The summed E-state index contributed by atoms with van der Waals surface area (Å²) in [6, 6.07) is 12.8. The minimum atomic E-state index is 0.785. The average molecular weight is 263 g/mol. The lowest BCUT2D eigenvalue weighted by Gasteiger charge is -2.07. The van der Waals surface area contributed by atoms with E-state index in [4.69, 9.17) is 5.73 Å². The van der Waals surface area contributed by atoms with E-state index in [-0.39, 0.29) is 0 Å². The molecule has 100 valence electrons. The quantitative estimate of drug-likeness (QED) is 0.722. The van der Waals surface area contributed by atoms with Gasteiger partial charge < -0.3 is 5.73 Å². The highest BCUT2D eigenvalue weighted by Gasteiger charge is 2.11. The fourth-order valence-electron chi connectivity index (χ4n) is 3.11. The van der Waals surface area contributed by atoms with E-state index < -0.39 is 0 Å². The molecule has 2 N–H and O–H groups in total. The van der Waals surface area contributed by atoms with Crippen molar-refractivity contribution in [1.29, 1.82) is 0 Å². The van der Waals surface area contributed by atoms with E-state index in [1.807, 2.05) is 29.1 Å². The van der Waals surface area contributed by atoms with Crippen LogP contribution in [0.15, 0.2) is 42.6 Å². The van der Waals surface area contributed by atoms with Crippen molar-refractivity contribution in [3.63, 3.8) is 0 Å². The Labute approximate surface area is 118 Å². The number of nitrogens with two attached hydrogens (primary N) is 1. The number of aromatic nitrogens is 2. The zero-order valence-corrected chi connectivity index (χ0v) is 11.3. The van der Waals surface area contributed by atoms with Crippen LogP contribution in [0.4, 0.5) is 5.69 Å². The lowest BCUT2D eigenvalue weighted by atomic mass is 10.1. The van der Waals surface area contributed by atoms with E-state index in [0.29, 0.717) is 0 Å². The average Bonchev–Trinajstić information content (AvgIpc) is 3.05. The van der Waals surface area contributed by atoms with Gasteiger partial charge in [-0.25, -0.2) is 0 Å². The zero-order chi connectivity index (χ0) is 13.5. The maximum absolute atomic E-state index is 5.88. The molecule has 0 fully saturated rings. The second-order valence-electron chi connectivity index (χ2n) is 5.58. The third kappa shape index (κ3) is 1.86. The van der Waals surface area contributed by atoms with Gasteiger partial charge in [0, 0.05) is 11.1 Å². The highest BCUT2D eigenvalue weighted by atomic mass is 15.3. The zero-order valence-electron chi connectivity index (χ0n) is 11.3. The van der Waals surface area contributed by atoms with Gasteiger partial charge in [-0.15, -0.1) is 0 Å². The summed E-state index contributed by atoms with van der Waals surface area (Å²) in [6.07, 6.45) is 5.65. The Bertz CT molecular complexity index is 786.